The summed E-state index contributed by atoms with van der Waals surface area (Å²) in [5.41, 5.74) is 0. The molecule has 0 aromatic rings. The predicted molar refractivity (Wildman–Crippen MR) is 80.4 cm³/mol. The van der Waals surface area contributed by atoms with E-state index in [-0.39, 0.29) is 0 Å². The topological polar surface area (TPSA) is 18.5 Å². The van der Waals surface area contributed by atoms with Gasteiger partial charge in [0, 0.05) is 31.7 Å². The van der Waals surface area contributed by atoms with Crippen molar-refractivity contribution in [1.82, 2.24) is 15.1 Å². The predicted octanol–water partition coefficient (Wildman–Crippen LogP) is 1.79. The molecule has 1 unspecified atom stereocenters. The van der Waals surface area contributed by atoms with Crippen molar-refractivity contribution in [3.8, 4) is 0 Å². The van der Waals surface area contributed by atoms with E-state index in [1.807, 2.05) is 0 Å². The van der Waals surface area contributed by atoms with Gasteiger partial charge in [0.25, 0.3) is 0 Å². The standard InChI is InChI=1S/C16H31N3/c1-18(12-15-4-3-10-19(15)2)11-9-17-16(13-5-6-13)14-7-8-14/h13-17H,3-12H2,1-2H3. The first-order valence-corrected chi connectivity index (χ1v) is 8.36. The number of hydrogen-bond acceptors (Lipinski definition) is 3. The highest BCUT2D eigenvalue weighted by Gasteiger charge is 2.40. The highest BCUT2D eigenvalue weighted by atomic mass is 15.2. The Hall–Kier alpha value is -0.120. The van der Waals surface area contributed by atoms with E-state index in [0.717, 1.165) is 23.9 Å². The molecule has 3 aliphatic rings. The molecule has 2 aliphatic carbocycles. The fourth-order valence-electron chi connectivity index (χ4n) is 3.71. The van der Waals surface area contributed by atoms with Crippen molar-refractivity contribution in [3.05, 3.63) is 0 Å². The molecule has 0 bridgehead atoms. The van der Waals surface area contributed by atoms with E-state index in [2.05, 4.69) is 29.2 Å². The molecule has 0 spiro atoms. The van der Waals surface area contributed by atoms with Crippen molar-refractivity contribution in [3.63, 3.8) is 0 Å². The molecule has 3 rings (SSSR count). The maximum atomic E-state index is 3.86. The van der Waals surface area contributed by atoms with Gasteiger partial charge in [-0.25, -0.2) is 0 Å². The average Bonchev–Trinajstić information content (AvgIpc) is 3.27. The normalized spacial score (nSPS) is 28.7. The van der Waals surface area contributed by atoms with Crippen molar-refractivity contribution in [2.24, 2.45) is 11.8 Å². The molecule has 1 heterocycles. The molecule has 0 aromatic heterocycles. The summed E-state index contributed by atoms with van der Waals surface area (Å²) in [5, 5.41) is 3.86. The number of nitrogens with zero attached hydrogens (tertiary/aromatic N) is 2. The zero-order valence-corrected chi connectivity index (χ0v) is 12.8. The smallest absolute Gasteiger partial charge is 0.0220 e. The van der Waals surface area contributed by atoms with Gasteiger partial charge in [-0.3, -0.25) is 0 Å². The van der Waals surface area contributed by atoms with E-state index in [1.165, 1.54) is 64.7 Å². The van der Waals surface area contributed by atoms with E-state index in [4.69, 9.17) is 0 Å². The minimum Gasteiger partial charge on any atom is -0.312 e. The Kier molecular flexibility index (Phi) is 4.45. The van der Waals surface area contributed by atoms with Crippen molar-refractivity contribution in [2.45, 2.75) is 50.6 Å². The molecule has 1 N–H and O–H groups in total. The summed E-state index contributed by atoms with van der Waals surface area (Å²) in [5.74, 6) is 2.05. The van der Waals surface area contributed by atoms with Crippen molar-refractivity contribution >= 4 is 0 Å². The third-order valence-electron chi connectivity index (χ3n) is 5.33. The lowest BCUT2D eigenvalue weighted by Gasteiger charge is -2.26. The van der Waals surface area contributed by atoms with Crippen LogP contribution >= 0.6 is 0 Å². The van der Waals surface area contributed by atoms with Gasteiger partial charge < -0.3 is 15.1 Å². The Bertz CT molecular complexity index is 274. The molecule has 0 aromatic carbocycles. The third-order valence-corrected chi connectivity index (χ3v) is 5.33. The highest BCUT2D eigenvalue weighted by Crippen LogP contribution is 2.44. The van der Waals surface area contributed by atoms with Crippen LogP contribution in [-0.2, 0) is 0 Å². The Labute approximate surface area is 118 Å². The summed E-state index contributed by atoms with van der Waals surface area (Å²) in [6, 6.07) is 1.66. The Morgan fingerprint density at radius 3 is 2.37 bits per heavy atom. The van der Waals surface area contributed by atoms with Crippen LogP contribution in [0.1, 0.15) is 38.5 Å². The van der Waals surface area contributed by atoms with Crippen LogP contribution in [0, 0.1) is 11.8 Å². The van der Waals surface area contributed by atoms with Gasteiger partial charge in [-0.2, -0.15) is 0 Å². The molecule has 1 saturated heterocycles. The van der Waals surface area contributed by atoms with Gasteiger partial charge in [-0.15, -0.1) is 0 Å². The second-order valence-corrected chi connectivity index (χ2v) is 7.19. The van der Waals surface area contributed by atoms with Gasteiger partial charge >= 0.3 is 0 Å². The molecule has 2 saturated carbocycles. The maximum Gasteiger partial charge on any atom is 0.0220 e. The van der Waals surface area contributed by atoms with Crippen molar-refractivity contribution < 1.29 is 0 Å². The van der Waals surface area contributed by atoms with Crippen LogP contribution in [0.2, 0.25) is 0 Å². The molecule has 0 amide bonds. The minimum atomic E-state index is 0.799. The zero-order valence-electron chi connectivity index (χ0n) is 12.8. The Balaban J connectivity index is 1.32. The molecule has 3 nitrogen and oxygen atoms in total. The molecule has 0 radical (unpaired) electrons. The lowest BCUT2D eigenvalue weighted by molar-refractivity contribution is 0.217. The van der Waals surface area contributed by atoms with E-state index in [1.54, 1.807) is 0 Å². The first-order valence-electron chi connectivity index (χ1n) is 8.36. The van der Waals surface area contributed by atoms with Gasteiger partial charge in [-0.05, 0) is 71.0 Å². The second kappa shape index (κ2) is 6.11. The number of hydrogen-bond donors (Lipinski definition) is 1. The summed E-state index contributed by atoms with van der Waals surface area (Å²) in [6.45, 7) is 4.93. The fraction of sp³-hybridized carbons (Fsp3) is 1.00. The minimum absolute atomic E-state index is 0.799. The van der Waals surface area contributed by atoms with Gasteiger partial charge in [0.2, 0.25) is 0 Å². The number of likely N-dealkylation sites (tertiary alicyclic amines) is 1. The van der Waals surface area contributed by atoms with Crippen LogP contribution in [0.5, 0.6) is 0 Å². The second-order valence-electron chi connectivity index (χ2n) is 7.19. The first kappa shape index (κ1) is 13.8. The molecular formula is C16H31N3. The summed E-state index contributed by atoms with van der Waals surface area (Å²) in [4.78, 5) is 5.05. The van der Waals surface area contributed by atoms with Gasteiger partial charge in [-0.1, -0.05) is 0 Å². The molecule has 3 fully saturated rings. The van der Waals surface area contributed by atoms with E-state index < -0.39 is 0 Å². The number of rotatable bonds is 8. The molecule has 19 heavy (non-hydrogen) atoms. The van der Waals surface area contributed by atoms with Crippen LogP contribution in [0.4, 0.5) is 0 Å². The largest absolute Gasteiger partial charge is 0.312 e. The van der Waals surface area contributed by atoms with Crippen molar-refractivity contribution in [1.29, 1.82) is 0 Å². The van der Waals surface area contributed by atoms with Crippen molar-refractivity contribution in [2.75, 3.05) is 40.3 Å². The molecule has 1 aliphatic heterocycles. The van der Waals surface area contributed by atoms with E-state index in [9.17, 15) is 0 Å². The lowest BCUT2D eigenvalue weighted by Crippen LogP contribution is -2.42. The number of nitrogens with one attached hydrogen (secondary N) is 1. The molecular weight excluding hydrogens is 234 g/mol. The van der Waals surface area contributed by atoms with Crippen LogP contribution < -0.4 is 5.32 Å². The highest BCUT2D eigenvalue weighted by molar-refractivity contribution is 4.96. The summed E-state index contributed by atoms with van der Waals surface area (Å²) < 4.78 is 0. The van der Waals surface area contributed by atoms with E-state index in [0.29, 0.717) is 0 Å². The molecule has 110 valence electrons. The summed E-state index contributed by atoms with van der Waals surface area (Å²) in [7, 11) is 4.57. The van der Waals surface area contributed by atoms with Gasteiger partial charge in [0.1, 0.15) is 0 Å². The number of likely N-dealkylation sites (N-methyl/N-ethyl adjacent to an activating group) is 2. The van der Waals surface area contributed by atoms with Crippen LogP contribution in [0.15, 0.2) is 0 Å². The zero-order chi connectivity index (χ0) is 13.2. The summed E-state index contributed by atoms with van der Waals surface area (Å²) >= 11 is 0. The molecule has 3 heteroatoms. The fourth-order valence-corrected chi connectivity index (χ4v) is 3.71. The van der Waals surface area contributed by atoms with Crippen LogP contribution in [0.3, 0.4) is 0 Å². The van der Waals surface area contributed by atoms with Gasteiger partial charge in [0.15, 0.2) is 0 Å². The molecule has 1 atom stereocenters. The quantitative estimate of drug-likeness (QED) is 0.722. The Morgan fingerprint density at radius 2 is 1.84 bits per heavy atom. The van der Waals surface area contributed by atoms with Crippen LogP contribution in [0.25, 0.3) is 0 Å². The lowest BCUT2D eigenvalue weighted by atomic mass is 10.1. The van der Waals surface area contributed by atoms with Gasteiger partial charge in [0.05, 0.1) is 0 Å². The van der Waals surface area contributed by atoms with E-state index >= 15 is 0 Å². The first-order chi connectivity index (χ1) is 9.24. The Morgan fingerprint density at radius 1 is 1.16 bits per heavy atom. The third kappa shape index (κ3) is 3.93. The monoisotopic (exact) mass is 265 g/mol. The summed E-state index contributed by atoms with van der Waals surface area (Å²) in [6.07, 6.45) is 8.71. The average molecular weight is 265 g/mol. The SMILES string of the molecule is CN(CCNC(C1CC1)C1CC1)CC1CCCN1C. The maximum absolute atomic E-state index is 3.86. The van der Waals surface area contributed by atoms with Crippen LogP contribution in [-0.4, -0.2) is 62.2 Å².